The molecule has 0 aliphatic heterocycles. The van der Waals surface area contributed by atoms with E-state index in [4.69, 9.17) is 14.6 Å². The van der Waals surface area contributed by atoms with E-state index >= 15 is 0 Å². The molecule has 9 heteroatoms. The highest BCUT2D eigenvalue weighted by Crippen LogP contribution is 2.28. The number of ketones is 1. The highest BCUT2D eigenvalue weighted by molar-refractivity contribution is 7.18. The molecule has 2 aromatic heterocycles. The third-order valence-corrected chi connectivity index (χ3v) is 4.57. The maximum Gasteiger partial charge on any atom is 0.349 e. The van der Waals surface area contributed by atoms with Gasteiger partial charge >= 0.3 is 5.97 Å². The Hall–Kier alpha value is -3.20. The number of aryl methyl sites for hydroxylation is 1. The number of nitrogens with one attached hydrogen (secondary N) is 2. The molecule has 0 aliphatic rings. The van der Waals surface area contributed by atoms with Crippen LogP contribution in [0.4, 0.5) is 5.00 Å². The Morgan fingerprint density at radius 1 is 1.33 bits per heavy atom. The molecule has 0 aliphatic carbocycles. The van der Waals surface area contributed by atoms with Crippen molar-refractivity contribution < 1.29 is 28.6 Å². The summed E-state index contributed by atoms with van der Waals surface area (Å²) in [6.45, 7) is 3.71. The molecule has 0 saturated heterocycles. The van der Waals surface area contributed by atoms with Crippen LogP contribution in [-0.2, 0) is 9.53 Å². The van der Waals surface area contributed by atoms with Crippen molar-refractivity contribution in [2.24, 2.45) is 0 Å². The van der Waals surface area contributed by atoms with Gasteiger partial charge in [0, 0.05) is 5.71 Å². The minimum atomic E-state index is -0.715. The fourth-order valence-corrected chi connectivity index (χ4v) is 3.24. The van der Waals surface area contributed by atoms with Gasteiger partial charge < -0.3 is 25.0 Å². The first-order valence-corrected chi connectivity index (χ1v) is 8.63. The average molecular weight is 390 g/mol. The van der Waals surface area contributed by atoms with Crippen LogP contribution in [0.15, 0.2) is 40.2 Å². The van der Waals surface area contributed by atoms with Gasteiger partial charge in [-0.25, -0.2) is 4.79 Å². The molecule has 0 radical (unpaired) electrons. The van der Waals surface area contributed by atoms with Crippen LogP contribution in [0.25, 0.3) is 0 Å². The van der Waals surface area contributed by atoms with Gasteiger partial charge in [-0.15, -0.1) is 11.3 Å². The lowest BCUT2D eigenvalue weighted by atomic mass is 10.1. The fraction of sp³-hybridized carbons (Fsp3) is 0.222. The van der Waals surface area contributed by atoms with Gasteiger partial charge in [0.15, 0.2) is 11.5 Å². The summed E-state index contributed by atoms with van der Waals surface area (Å²) < 4.78 is 10.0. The number of amides is 1. The summed E-state index contributed by atoms with van der Waals surface area (Å²) in [6.07, 6.45) is 1.38. The largest absolute Gasteiger partial charge is 0.508 e. The van der Waals surface area contributed by atoms with Crippen molar-refractivity contribution in [1.29, 1.82) is 5.41 Å². The number of furan rings is 1. The third kappa shape index (κ3) is 4.91. The Kier molecular flexibility index (Phi) is 6.30. The third-order valence-electron chi connectivity index (χ3n) is 3.44. The number of allylic oxidation sites excluding steroid dienone is 1. The minimum absolute atomic E-state index is 0.119. The first kappa shape index (κ1) is 20.1. The topological polar surface area (TPSA) is 130 Å². The quantitative estimate of drug-likeness (QED) is 0.287. The zero-order chi connectivity index (χ0) is 20.1. The van der Waals surface area contributed by atoms with Crippen LogP contribution >= 0.6 is 11.3 Å². The number of aliphatic hydroxyl groups is 1. The molecule has 0 fully saturated rings. The fourth-order valence-electron chi connectivity index (χ4n) is 2.28. The second-order valence-electron chi connectivity index (χ2n) is 5.63. The van der Waals surface area contributed by atoms with Crippen LogP contribution in [-0.4, -0.2) is 35.1 Å². The first-order valence-electron chi connectivity index (χ1n) is 7.81. The van der Waals surface area contributed by atoms with E-state index in [0.717, 1.165) is 11.3 Å². The number of ether oxygens (including phenoxy) is 1. The van der Waals surface area contributed by atoms with Crippen molar-refractivity contribution >= 4 is 39.7 Å². The Balaban J connectivity index is 2.08. The van der Waals surface area contributed by atoms with Crippen LogP contribution in [0.2, 0.25) is 0 Å². The summed E-state index contributed by atoms with van der Waals surface area (Å²) in [5.41, 5.74) is 0.279. The lowest BCUT2D eigenvalue weighted by Gasteiger charge is -2.07. The molecular weight excluding hydrogens is 372 g/mol. The van der Waals surface area contributed by atoms with Crippen molar-refractivity contribution in [3.05, 3.63) is 52.0 Å². The summed E-state index contributed by atoms with van der Waals surface area (Å²) in [7, 11) is 0. The Bertz CT molecular complexity index is 908. The first-order chi connectivity index (χ1) is 12.7. The standard InChI is InChI=1S/C18H18N2O6S/c1-9-7-14(20-17(23)13-5-4-6-25-13)27-16(9)18(24)26-8-12(22)15(10(2)19)11(3)21/h4-7,19,22H,8H2,1-3H3,(H,20,23)/b15-12-,19-10?. The molecule has 2 rings (SSSR count). The van der Waals surface area contributed by atoms with Crippen molar-refractivity contribution in [2.75, 3.05) is 11.9 Å². The number of thiophene rings is 1. The number of carbonyl (C=O) groups excluding carboxylic acids is 3. The average Bonchev–Trinajstić information content (AvgIpc) is 3.21. The van der Waals surface area contributed by atoms with E-state index in [1.165, 1.54) is 26.2 Å². The molecule has 0 atom stereocenters. The van der Waals surface area contributed by atoms with Crippen LogP contribution in [0.1, 0.15) is 39.6 Å². The number of rotatable bonds is 7. The molecule has 2 aromatic rings. The second kappa shape index (κ2) is 8.45. The van der Waals surface area contributed by atoms with E-state index in [1.54, 1.807) is 19.1 Å². The molecule has 0 spiro atoms. The number of anilines is 1. The van der Waals surface area contributed by atoms with Gasteiger partial charge in [0.2, 0.25) is 0 Å². The van der Waals surface area contributed by atoms with Gasteiger partial charge in [-0.3, -0.25) is 9.59 Å². The van der Waals surface area contributed by atoms with Crippen LogP contribution < -0.4 is 5.32 Å². The van der Waals surface area contributed by atoms with Crippen molar-refractivity contribution in [3.63, 3.8) is 0 Å². The number of aliphatic hydroxyl groups excluding tert-OH is 1. The number of esters is 1. The Labute approximate surface area is 159 Å². The molecule has 0 unspecified atom stereocenters. The van der Waals surface area contributed by atoms with Crippen molar-refractivity contribution in [2.45, 2.75) is 20.8 Å². The maximum absolute atomic E-state index is 12.2. The lowest BCUT2D eigenvalue weighted by molar-refractivity contribution is -0.113. The van der Waals surface area contributed by atoms with Crippen LogP contribution in [0.5, 0.6) is 0 Å². The van der Waals surface area contributed by atoms with Gasteiger partial charge in [-0.05, 0) is 44.5 Å². The summed E-state index contributed by atoms with van der Waals surface area (Å²) in [6, 6.07) is 4.71. The Morgan fingerprint density at radius 2 is 2.04 bits per heavy atom. The molecule has 8 nitrogen and oxygen atoms in total. The summed E-state index contributed by atoms with van der Waals surface area (Å²) >= 11 is 1.01. The lowest BCUT2D eigenvalue weighted by Crippen LogP contribution is -2.15. The minimum Gasteiger partial charge on any atom is -0.508 e. The maximum atomic E-state index is 12.2. The van der Waals surface area contributed by atoms with Gasteiger partial charge in [0.1, 0.15) is 17.2 Å². The SMILES string of the molecule is CC(=N)/C(C(C)=O)=C(/O)COC(=O)c1sc(NC(=O)c2ccco2)cc1C. The molecule has 3 N–H and O–H groups in total. The van der Waals surface area contributed by atoms with E-state index in [-0.39, 0.29) is 21.9 Å². The zero-order valence-corrected chi connectivity index (χ0v) is 15.7. The van der Waals surface area contributed by atoms with E-state index in [1.807, 2.05) is 0 Å². The molecule has 0 aromatic carbocycles. The smallest absolute Gasteiger partial charge is 0.349 e. The van der Waals surface area contributed by atoms with E-state index < -0.39 is 30.0 Å². The van der Waals surface area contributed by atoms with Gasteiger partial charge in [-0.2, -0.15) is 0 Å². The Morgan fingerprint density at radius 3 is 2.59 bits per heavy atom. The summed E-state index contributed by atoms with van der Waals surface area (Å²) in [4.78, 5) is 35.9. The highest BCUT2D eigenvalue weighted by atomic mass is 32.1. The van der Waals surface area contributed by atoms with Crippen molar-refractivity contribution in [3.8, 4) is 0 Å². The molecule has 0 bridgehead atoms. The number of hydrogen-bond acceptors (Lipinski definition) is 8. The van der Waals surface area contributed by atoms with Crippen LogP contribution in [0, 0.1) is 12.3 Å². The van der Waals surface area contributed by atoms with E-state index in [0.29, 0.717) is 10.6 Å². The predicted octanol–water partition coefficient (Wildman–Crippen LogP) is 3.50. The summed E-state index contributed by atoms with van der Waals surface area (Å²) in [5.74, 6) is -2.00. The number of hydrogen-bond donors (Lipinski definition) is 3. The van der Waals surface area contributed by atoms with Gasteiger partial charge in [0.25, 0.3) is 5.91 Å². The zero-order valence-electron chi connectivity index (χ0n) is 14.9. The second-order valence-corrected chi connectivity index (χ2v) is 6.69. The molecule has 0 saturated carbocycles. The molecular formula is C18H18N2O6S. The van der Waals surface area contributed by atoms with Crippen LogP contribution in [0.3, 0.4) is 0 Å². The van der Waals surface area contributed by atoms with E-state index in [2.05, 4.69) is 5.32 Å². The summed E-state index contributed by atoms with van der Waals surface area (Å²) in [5, 5.41) is 20.5. The van der Waals surface area contributed by atoms with E-state index in [9.17, 15) is 19.5 Å². The van der Waals surface area contributed by atoms with Crippen molar-refractivity contribution in [1.82, 2.24) is 0 Å². The van der Waals surface area contributed by atoms with Gasteiger partial charge in [-0.1, -0.05) is 0 Å². The highest BCUT2D eigenvalue weighted by Gasteiger charge is 2.20. The molecule has 2 heterocycles. The molecule has 27 heavy (non-hydrogen) atoms. The number of carbonyl (C=O) groups is 3. The molecule has 1 amide bonds. The molecule has 142 valence electrons. The van der Waals surface area contributed by atoms with Gasteiger partial charge in [0.05, 0.1) is 16.8 Å². The normalized spacial score (nSPS) is 11.5. The number of Topliss-reactive ketones (excluding diaryl/α,β-unsaturated/α-hetero) is 1. The monoisotopic (exact) mass is 390 g/mol. The predicted molar refractivity (Wildman–Crippen MR) is 99.7 cm³/mol.